The molecule has 0 aliphatic heterocycles. The summed E-state index contributed by atoms with van der Waals surface area (Å²) in [6.45, 7) is 0. The van der Waals surface area contributed by atoms with Gasteiger partial charge in [0.05, 0.1) is 0 Å². The minimum atomic E-state index is 0.174. The van der Waals surface area contributed by atoms with Crippen molar-refractivity contribution < 1.29 is 10.2 Å². The van der Waals surface area contributed by atoms with E-state index in [2.05, 4.69) is 41.8 Å². The molecule has 2 rings (SSSR count). The van der Waals surface area contributed by atoms with Gasteiger partial charge in [0.2, 0.25) is 0 Å². The van der Waals surface area contributed by atoms with Crippen LogP contribution in [0, 0.1) is 0 Å². The van der Waals surface area contributed by atoms with Gasteiger partial charge in [0, 0.05) is 12.4 Å². The lowest BCUT2D eigenvalue weighted by Crippen LogP contribution is -1.71. The summed E-state index contributed by atoms with van der Waals surface area (Å²) in [5.41, 5.74) is 0. The molecule has 0 radical (unpaired) electrons. The summed E-state index contributed by atoms with van der Waals surface area (Å²) in [5, 5.41) is 17.6. The first-order valence-electron chi connectivity index (χ1n) is 4.20. The standard InChI is InChI=1S/2C5H4BrNO/c2*6-5-4(8)2-1-3-7-5/h2*1-3,8H. The van der Waals surface area contributed by atoms with Gasteiger partial charge in [-0.2, -0.15) is 0 Å². The molecule has 0 unspecified atom stereocenters. The summed E-state index contributed by atoms with van der Waals surface area (Å²) in [4.78, 5) is 7.49. The molecule has 0 atom stereocenters. The van der Waals surface area contributed by atoms with Crippen LogP contribution in [-0.4, -0.2) is 20.2 Å². The summed E-state index contributed by atoms with van der Waals surface area (Å²) >= 11 is 6.07. The number of hydrogen-bond donors (Lipinski definition) is 2. The lowest BCUT2D eigenvalue weighted by molar-refractivity contribution is 0.468. The smallest absolute Gasteiger partial charge is 0.148 e. The van der Waals surface area contributed by atoms with Gasteiger partial charge < -0.3 is 10.2 Å². The van der Waals surface area contributed by atoms with Crippen molar-refractivity contribution in [3.8, 4) is 11.5 Å². The Morgan fingerprint density at radius 2 is 1.19 bits per heavy atom. The normalized spacial score (nSPS) is 9.12. The first-order valence-corrected chi connectivity index (χ1v) is 5.79. The largest absolute Gasteiger partial charge is 0.505 e. The van der Waals surface area contributed by atoms with Crippen LogP contribution in [0.5, 0.6) is 11.5 Å². The average Bonchev–Trinajstić information content (AvgIpc) is 2.28. The molecule has 0 aliphatic carbocycles. The van der Waals surface area contributed by atoms with Gasteiger partial charge in [-0.15, -0.1) is 0 Å². The van der Waals surface area contributed by atoms with E-state index in [1.807, 2.05) is 0 Å². The zero-order chi connectivity index (χ0) is 12.0. The molecule has 2 aromatic heterocycles. The highest BCUT2D eigenvalue weighted by Crippen LogP contribution is 2.18. The number of pyridine rings is 2. The second-order valence-corrected chi connectivity index (χ2v) is 4.13. The third kappa shape index (κ3) is 4.16. The van der Waals surface area contributed by atoms with Crippen molar-refractivity contribution in [1.29, 1.82) is 0 Å². The van der Waals surface area contributed by atoms with Crippen molar-refractivity contribution in [3.05, 3.63) is 45.9 Å². The Labute approximate surface area is 109 Å². The Bertz CT molecular complexity index is 381. The Balaban J connectivity index is 0.000000160. The summed E-state index contributed by atoms with van der Waals surface area (Å²) in [6.07, 6.45) is 3.20. The van der Waals surface area contributed by atoms with Gasteiger partial charge >= 0.3 is 0 Å². The highest BCUT2D eigenvalue weighted by atomic mass is 79.9. The van der Waals surface area contributed by atoms with Gasteiger partial charge in [0.1, 0.15) is 20.7 Å². The molecule has 2 N–H and O–H groups in total. The molecule has 0 bridgehead atoms. The van der Waals surface area contributed by atoms with Crippen molar-refractivity contribution in [1.82, 2.24) is 9.97 Å². The third-order valence-corrected chi connectivity index (χ3v) is 2.70. The van der Waals surface area contributed by atoms with Crippen LogP contribution in [0.25, 0.3) is 0 Å². The van der Waals surface area contributed by atoms with E-state index in [0.717, 1.165) is 0 Å². The van der Waals surface area contributed by atoms with Crippen LogP contribution in [0.3, 0.4) is 0 Å². The molecular weight excluding hydrogens is 340 g/mol. The van der Waals surface area contributed by atoms with Gasteiger partial charge in [-0.25, -0.2) is 9.97 Å². The van der Waals surface area contributed by atoms with Crippen molar-refractivity contribution in [2.75, 3.05) is 0 Å². The molecule has 0 fully saturated rings. The van der Waals surface area contributed by atoms with Crippen LogP contribution < -0.4 is 0 Å². The van der Waals surface area contributed by atoms with E-state index in [1.165, 1.54) is 0 Å². The monoisotopic (exact) mass is 346 g/mol. The number of hydrogen-bond acceptors (Lipinski definition) is 4. The van der Waals surface area contributed by atoms with Crippen LogP contribution in [-0.2, 0) is 0 Å². The van der Waals surface area contributed by atoms with Crippen LogP contribution in [0.4, 0.5) is 0 Å². The average molecular weight is 348 g/mol. The fourth-order valence-corrected chi connectivity index (χ4v) is 1.26. The predicted octanol–water partition coefficient (Wildman–Crippen LogP) is 3.10. The van der Waals surface area contributed by atoms with E-state index >= 15 is 0 Å². The third-order valence-electron chi connectivity index (χ3n) is 1.48. The van der Waals surface area contributed by atoms with E-state index in [4.69, 9.17) is 10.2 Å². The number of aromatic hydroxyl groups is 2. The van der Waals surface area contributed by atoms with E-state index in [-0.39, 0.29) is 11.5 Å². The molecule has 0 aliphatic rings. The molecule has 16 heavy (non-hydrogen) atoms. The molecule has 0 saturated carbocycles. The van der Waals surface area contributed by atoms with Crippen molar-refractivity contribution in [3.63, 3.8) is 0 Å². The molecule has 84 valence electrons. The lowest BCUT2D eigenvalue weighted by atomic mass is 10.5. The van der Waals surface area contributed by atoms with Crippen molar-refractivity contribution in [2.45, 2.75) is 0 Å². The van der Waals surface area contributed by atoms with Crippen molar-refractivity contribution >= 4 is 31.9 Å². The van der Waals surface area contributed by atoms with E-state index in [9.17, 15) is 0 Å². The van der Waals surface area contributed by atoms with Gasteiger partial charge in [0.15, 0.2) is 0 Å². The van der Waals surface area contributed by atoms with Gasteiger partial charge in [0.25, 0.3) is 0 Å². The number of halogens is 2. The molecule has 0 spiro atoms. The van der Waals surface area contributed by atoms with E-state index < -0.39 is 0 Å². The predicted molar refractivity (Wildman–Crippen MR) is 67.2 cm³/mol. The van der Waals surface area contributed by atoms with Gasteiger partial charge in [-0.1, -0.05) is 0 Å². The number of nitrogens with zero attached hydrogens (tertiary/aromatic N) is 2. The molecule has 0 aromatic carbocycles. The molecule has 0 saturated heterocycles. The summed E-state index contributed by atoms with van der Waals surface area (Å²) in [5.74, 6) is 0.347. The summed E-state index contributed by atoms with van der Waals surface area (Å²) in [7, 11) is 0. The van der Waals surface area contributed by atoms with Crippen molar-refractivity contribution in [2.24, 2.45) is 0 Å². The molecular formula is C10H8Br2N2O2. The second-order valence-electron chi connectivity index (χ2n) is 2.63. The maximum absolute atomic E-state index is 8.81. The number of rotatable bonds is 0. The second kappa shape index (κ2) is 6.44. The van der Waals surface area contributed by atoms with E-state index in [1.54, 1.807) is 36.7 Å². The zero-order valence-corrected chi connectivity index (χ0v) is 11.2. The minimum absolute atomic E-state index is 0.174. The molecule has 2 aromatic rings. The number of aromatic nitrogens is 2. The van der Waals surface area contributed by atoms with Crippen LogP contribution in [0.2, 0.25) is 0 Å². The van der Waals surface area contributed by atoms with Crippen LogP contribution in [0.1, 0.15) is 0 Å². The maximum Gasteiger partial charge on any atom is 0.148 e. The Hall–Kier alpha value is -1.14. The molecule has 6 heteroatoms. The molecule has 2 heterocycles. The fourth-order valence-electron chi connectivity index (χ4n) is 0.755. The Kier molecular flexibility index (Phi) is 5.21. The van der Waals surface area contributed by atoms with Crippen LogP contribution in [0.15, 0.2) is 45.9 Å². The fraction of sp³-hybridized carbons (Fsp3) is 0. The van der Waals surface area contributed by atoms with Gasteiger partial charge in [-0.3, -0.25) is 0 Å². The Morgan fingerprint density at radius 1 is 0.812 bits per heavy atom. The first kappa shape index (κ1) is 12.9. The van der Waals surface area contributed by atoms with E-state index in [0.29, 0.717) is 9.21 Å². The Morgan fingerprint density at radius 3 is 1.38 bits per heavy atom. The van der Waals surface area contributed by atoms with Gasteiger partial charge in [-0.05, 0) is 56.1 Å². The first-order chi connectivity index (χ1) is 7.61. The highest BCUT2D eigenvalue weighted by Gasteiger charge is 1.91. The zero-order valence-electron chi connectivity index (χ0n) is 8.01. The SMILES string of the molecule is Oc1cccnc1Br.Oc1cccnc1Br. The topological polar surface area (TPSA) is 66.2 Å². The quantitative estimate of drug-likeness (QED) is 0.718. The highest BCUT2D eigenvalue weighted by molar-refractivity contribution is 9.10. The minimum Gasteiger partial charge on any atom is -0.505 e. The lowest BCUT2D eigenvalue weighted by Gasteiger charge is -1.89. The van der Waals surface area contributed by atoms with Crippen LogP contribution >= 0.6 is 31.9 Å². The summed E-state index contributed by atoms with van der Waals surface area (Å²) in [6, 6.07) is 6.47. The summed E-state index contributed by atoms with van der Waals surface area (Å²) < 4.78 is 0.972. The molecule has 4 nitrogen and oxygen atoms in total. The molecule has 0 amide bonds. The maximum atomic E-state index is 8.81.